The molecule has 2 aliphatic heterocycles. The van der Waals surface area contributed by atoms with Crippen molar-refractivity contribution >= 4 is 55.8 Å². The van der Waals surface area contributed by atoms with Gasteiger partial charge in [0.2, 0.25) is 0 Å². The van der Waals surface area contributed by atoms with Gasteiger partial charge in [0.15, 0.2) is 10.5 Å². The molecule has 0 spiro atoms. The molecule has 166 valence electrons. The van der Waals surface area contributed by atoms with Crippen molar-refractivity contribution in [2.75, 3.05) is 0 Å². The van der Waals surface area contributed by atoms with E-state index in [0.717, 1.165) is 0 Å². The fourth-order valence-corrected chi connectivity index (χ4v) is 3.73. The van der Waals surface area contributed by atoms with Crippen molar-refractivity contribution in [2.45, 2.75) is 36.2 Å². The van der Waals surface area contributed by atoms with E-state index in [9.17, 15) is 45.6 Å². The minimum Gasteiger partial charge on any atom is -0.330 e. The zero-order valence-corrected chi connectivity index (χ0v) is 16.1. The highest BCUT2D eigenvalue weighted by molar-refractivity contribution is 7.87. The van der Waals surface area contributed by atoms with Crippen LogP contribution in [0.2, 0.25) is 0 Å². The number of nitrogens with zero attached hydrogens (tertiary/aromatic N) is 2. The molecule has 2 heterocycles. The Morgan fingerprint density at radius 3 is 1.30 bits per heavy atom. The third-order valence-corrected chi connectivity index (χ3v) is 5.94. The van der Waals surface area contributed by atoms with Crippen LogP contribution < -0.4 is 0 Å². The minimum atomic E-state index is -4.93. The van der Waals surface area contributed by atoms with E-state index in [1.54, 1.807) is 0 Å². The molecule has 0 aromatic heterocycles. The second kappa shape index (κ2) is 8.05. The molecular weight excluding hydrogens is 460 g/mol. The first kappa shape index (κ1) is 23.3. The van der Waals surface area contributed by atoms with Gasteiger partial charge in [0, 0.05) is 0 Å². The molecule has 0 aliphatic carbocycles. The summed E-state index contributed by atoms with van der Waals surface area (Å²) in [6.45, 7) is 0. The van der Waals surface area contributed by atoms with Crippen LogP contribution in [0.25, 0.3) is 0 Å². The van der Waals surface area contributed by atoms with Crippen LogP contribution in [-0.2, 0) is 58.7 Å². The number of imide groups is 2. The van der Waals surface area contributed by atoms with Crippen molar-refractivity contribution in [3.8, 4) is 0 Å². The standard InChI is InChI=1S/C12H12N2O14S2/c15-7-3-5(29(21,22)23)11(19)13(7)27-9(17)1-2-10(18)28-14-8(16)4-6(12(14)20)30(24,25)26/h5-6H,1-4H2,(H,21,22,23)(H,24,25,26). The minimum absolute atomic E-state index is 0.198. The number of hydrogen-bond acceptors (Lipinski definition) is 12. The zero-order valence-electron chi connectivity index (χ0n) is 14.5. The van der Waals surface area contributed by atoms with Crippen molar-refractivity contribution in [3.05, 3.63) is 0 Å². The maximum Gasteiger partial charge on any atom is 0.333 e. The lowest BCUT2D eigenvalue weighted by molar-refractivity contribution is -0.201. The van der Waals surface area contributed by atoms with Crippen LogP contribution in [0, 0.1) is 0 Å². The molecule has 2 N–H and O–H groups in total. The molecule has 0 aromatic rings. The number of hydrogen-bond donors (Lipinski definition) is 2. The molecule has 2 aliphatic rings. The Balaban J connectivity index is 1.89. The maximum atomic E-state index is 11.7. The molecule has 30 heavy (non-hydrogen) atoms. The first-order valence-electron chi connectivity index (χ1n) is 7.70. The van der Waals surface area contributed by atoms with Gasteiger partial charge in [-0.2, -0.15) is 16.8 Å². The van der Waals surface area contributed by atoms with Crippen LogP contribution >= 0.6 is 0 Å². The Hall–Kier alpha value is -2.96. The van der Waals surface area contributed by atoms with Crippen LogP contribution in [0.5, 0.6) is 0 Å². The smallest absolute Gasteiger partial charge is 0.330 e. The monoisotopic (exact) mass is 472 g/mol. The summed E-state index contributed by atoms with van der Waals surface area (Å²) in [4.78, 5) is 78.5. The Labute approximate surface area is 167 Å². The van der Waals surface area contributed by atoms with Crippen molar-refractivity contribution in [3.63, 3.8) is 0 Å². The molecule has 2 atom stereocenters. The quantitative estimate of drug-likeness (QED) is 0.273. The number of rotatable bonds is 7. The van der Waals surface area contributed by atoms with E-state index in [4.69, 9.17) is 9.11 Å². The summed E-state index contributed by atoms with van der Waals surface area (Å²) in [7, 11) is -9.85. The summed E-state index contributed by atoms with van der Waals surface area (Å²) < 4.78 is 61.6. The van der Waals surface area contributed by atoms with Gasteiger partial charge in [-0.05, 0) is 0 Å². The molecular formula is C12H12N2O14S2. The third kappa shape index (κ3) is 4.96. The lowest BCUT2D eigenvalue weighted by atomic mass is 10.3. The van der Waals surface area contributed by atoms with E-state index in [1.807, 2.05) is 0 Å². The van der Waals surface area contributed by atoms with Crippen molar-refractivity contribution in [1.82, 2.24) is 10.1 Å². The lowest BCUT2D eigenvalue weighted by Gasteiger charge is -2.14. The second-order valence-electron chi connectivity index (χ2n) is 5.89. The molecule has 2 rings (SSSR count). The molecule has 18 heteroatoms. The third-order valence-electron chi connectivity index (χ3n) is 3.76. The van der Waals surface area contributed by atoms with E-state index < -0.39 is 92.0 Å². The zero-order chi connectivity index (χ0) is 23.0. The summed E-state index contributed by atoms with van der Waals surface area (Å²) in [5.41, 5.74) is 0. The normalized spacial score (nSPS) is 22.6. The average molecular weight is 472 g/mol. The first-order valence-corrected chi connectivity index (χ1v) is 10.7. The Kier molecular flexibility index (Phi) is 6.26. The number of carbonyl (C=O) groups is 6. The highest BCUT2D eigenvalue weighted by Gasteiger charge is 2.49. The van der Waals surface area contributed by atoms with E-state index in [-0.39, 0.29) is 10.1 Å². The predicted molar refractivity (Wildman–Crippen MR) is 85.0 cm³/mol. The van der Waals surface area contributed by atoms with Gasteiger partial charge in [0.1, 0.15) is 0 Å². The van der Waals surface area contributed by atoms with Crippen molar-refractivity contribution in [2.24, 2.45) is 0 Å². The molecule has 2 saturated heterocycles. The van der Waals surface area contributed by atoms with Gasteiger partial charge >= 0.3 is 11.9 Å². The molecule has 2 fully saturated rings. The van der Waals surface area contributed by atoms with Gasteiger partial charge in [-0.1, -0.05) is 0 Å². The van der Waals surface area contributed by atoms with Gasteiger partial charge in [-0.3, -0.25) is 28.3 Å². The highest BCUT2D eigenvalue weighted by Crippen LogP contribution is 2.21. The topological polar surface area (TPSA) is 236 Å². The Morgan fingerprint density at radius 2 is 1.07 bits per heavy atom. The van der Waals surface area contributed by atoms with Crippen LogP contribution in [-0.4, -0.2) is 82.1 Å². The number of hydroxylamine groups is 4. The van der Waals surface area contributed by atoms with Gasteiger partial charge in [-0.15, -0.1) is 10.1 Å². The van der Waals surface area contributed by atoms with E-state index in [0.29, 0.717) is 0 Å². The molecule has 0 aromatic carbocycles. The van der Waals surface area contributed by atoms with Crippen LogP contribution in [0.1, 0.15) is 25.7 Å². The fraction of sp³-hybridized carbons (Fsp3) is 0.500. The van der Waals surface area contributed by atoms with Crippen LogP contribution in [0.15, 0.2) is 0 Å². The summed E-state index contributed by atoms with van der Waals surface area (Å²) in [5, 5.41) is -4.69. The van der Waals surface area contributed by atoms with Crippen LogP contribution in [0.4, 0.5) is 0 Å². The van der Waals surface area contributed by atoms with Gasteiger partial charge < -0.3 is 9.68 Å². The largest absolute Gasteiger partial charge is 0.333 e. The fourth-order valence-electron chi connectivity index (χ4n) is 2.32. The highest BCUT2D eigenvalue weighted by atomic mass is 32.2. The van der Waals surface area contributed by atoms with Gasteiger partial charge in [-0.25, -0.2) is 9.59 Å². The Morgan fingerprint density at radius 1 is 0.767 bits per heavy atom. The van der Waals surface area contributed by atoms with Crippen molar-refractivity contribution in [1.29, 1.82) is 0 Å². The van der Waals surface area contributed by atoms with E-state index >= 15 is 0 Å². The molecule has 0 radical (unpaired) electrons. The molecule has 2 unspecified atom stereocenters. The number of amides is 4. The second-order valence-corrected chi connectivity index (χ2v) is 9.09. The Bertz CT molecular complexity index is 961. The van der Waals surface area contributed by atoms with E-state index in [2.05, 4.69) is 9.68 Å². The summed E-state index contributed by atoms with van der Waals surface area (Å²) in [5.74, 6) is -8.32. The molecule has 16 nitrogen and oxygen atoms in total. The molecule has 0 saturated carbocycles. The molecule has 4 amide bonds. The summed E-state index contributed by atoms with van der Waals surface area (Å²) in [6.07, 6.45) is -3.68. The van der Waals surface area contributed by atoms with Crippen molar-refractivity contribution < 1.29 is 64.4 Å². The summed E-state index contributed by atoms with van der Waals surface area (Å²) in [6, 6.07) is 0. The lowest BCUT2D eigenvalue weighted by Crippen LogP contribution is -2.37. The van der Waals surface area contributed by atoms with E-state index in [1.165, 1.54) is 0 Å². The number of carbonyl (C=O) groups excluding carboxylic acids is 6. The SMILES string of the molecule is O=C(CCC(=O)ON1C(=O)CC(S(=O)(=O)O)C1=O)ON1C(=O)CC(S(=O)(=O)O)C1=O. The van der Waals surface area contributed by atoms with Gasteiger partial charge in [0.25, 0.3) is 43.9 Å². The average Bonchev–Trinajstić information content (AvgIpc) is 3.04. The summed E-state index contributed by atoms with van der Waals surface area (Å²) >= 11 is 0. The van der Waals surface area contributed by atoms with Gasteiger partial charge in [0.05, 0.1) is 25.7 Å². The maximum absolute atomic E-state index is 11.7. The first-order chi connectivity index (χ1) is 13.6. The predicted octanol–water partition coefficient (Wildman–Crippen LogP) is -3.29. The van der Waals surface area contributed by atoms with Crippen LogP contribution in [0.3, 0.4) is 0 Å². The molecule has 0 bridgehead atoms.